The van der Waals surface area contributed by atoms with Gasteiger partial charge >= 0.3 is 5.69 Å². The predicted molar refractivity (Wildman–Crippen MR) is 126 cm³/mol. The van der Waals surface area contributed by atoms with Crippen LogP contribution in [0.4, 0.5) is 0 Å². The van der Waals surface area contributed by atoms with Gasteiger partial charge in [0.2, 0.25) is 5.78 Å². The quantitative estimate of drug-likeness (QED) is 0.381. The number of halogens is 2. The number of hydrogen-bond donors (Lipinski definition) is 0. The van der Waals surface area contributed by atoms with Crippen molar-refractivity contribution in [1.29, 1.82) is 0 Å². The lowest BCUT2D eigenvalue weighted by Crippen LogP contribution is -2.39. The maximum absolute atomic E-state index is 13.5. The van der Waals surface area contributed by atoms with Gasteiger partial charge in [-0.25, -0.2) is 4.79 Å². The number of hydrogen-bond acceptors (Lipinski definition) is 4. The van der Waals surface area contributed by atoms with Gasteiger partial charge in [0.15, 0.2) is 11.2 Å². The van der Waals surface area contributed by atoms with Crippen molar-refractivity contribution in [1.82, 2.24) is 23.1 Å². The minimum absolute atomic E-state index is 0.0395. The van der Waals surface area contributed by atoms with Gasteiger partial charge in [0, 0.05) is 48.2 Å². The van der Waals surface area contributed by atoms with Gasteiger partial charge in [0.05, 0.1) is 6.54 Å². The van der Waals surface area contributed by atoms with E-state index in [9.17, 15) is 9.59 Å². The van der Waals surface area contributed by atoms with Crippen molar-refractivity contribution in [3.63, 3.8) is 0 Å². The topological polar surface area (TPSA) is 75.5 Å². The summed E-state index contributed by atoms with van der Waals surface area (Å²) in [4.78, 5) is 31.3. The molecule has 0 aliphatic rings. The van der Waals surface area contributed by atoms with Gasteiger partial charge in [-0.05, 0) is 44.9 Å². The summed E-state index contributed by atoms with van der Waals surface area (Å²) < 4.78 is 12.0. The van der Waals surface area contributed by atoms with Crippen LogP contribution in [0.1, 0.15) is 30.3 Å². The third kappa shape index (κ3) is 3.66. The molecule has 0 saturated carbocycles. The zero-order valence-electron chi connectivity index (χ0n) is 18.5. The number of ether oxygens (including phenoxy) is 1. The Balaban J connectivity index is 1.91. The molecule has 3 heterocycles. The number of imidazole rings is 2. The summed E-state index contributed by atoms with van der Waals surface area (Å²) in [6, 6.07) is 5.00. The predicted octanol–water partition coefficient (Wildman–Crippen LogP) is 3.55. The van der Waals surface area contributed by atoms with Crippen LogP contribution >= 0.6 is 23.2 Å². The summed E-state index contributed by atoms with van der Waals surface area (Å²) >= 11 is 12.3. The second-order valence-corrected chi connectivity index (χ2v) is 8.60. The van der Waals surface area contributed by atoms with Crippen LogP contribution in [-0.4, -0.2) is 36.3 Å². The third-order valence-electron chi connectivity index (χ3n) is 5.85. The third-order valence-corrected chi connectivity index (χ3v) is 6.43. The molecule has 1 aromatic carbocycles. The lowest BCUT2D eigenvalue weighted by atomic mass is 10.2. The van der Waals surface area contributed by atoms with Crippen molar-refractivity contribution < 1.29 is 4.74 Å². The molecule has 4 aromatic rings. The smallest absolute Gasteiger partial charge is 0.332 e. The van der Waals surface area contributed by atoms with Crippen molar-refractivity contribution in [2.75, 3.05) is 13.2 Å². The van der Waals surface area contributed by atoms with E-state index in [2.05, 4.69) is 9.55 Å². The summed E-state index contributed by atoms with van der Waals surface area (Å²) in [5.41, 5.74) is 2.43. The Labute approximate surface area is 194 Å². The normalized spacial score (nSPS) is 11.8. The SMILES string of the molecule is CCOCCCn1c(C)c(C)n2c3c(=O)n(Cc4ccc(Cl)cc4Cl)c(=O)n(C)c3nc12. The highest BCUT2D eigenvalue weighted by Crippen LogP contribution is 2.23. The van der Waals surface area contributed by atoms with Crippen LogP contribution in [0.25, 0.3) is 16.9 Å². The molecule has 10 heteroatoms. The van der Waals surface area contributed by atoms with Gasteiger partial charge in [0.1, 0.15) is 0 Å². The largest absolute Gasteiger partial charge is 0.382 e. The molecule has 170 valence electrons. The molecule has 4 rings (SSSR count). The molecule has 0 fully saturated rings. The number of aromatic nitrogens is 5. The van der Waals surface area contributed by atoms with E-state index >= 15 is 0 Å². The summed E-state index contributed by atoms with van der Waals surface area (Å²) in [5.74, 6) is 0.640. The van der Waals surface area contributed by atoms with Gasteiger partial charge in [-0.15, -0.1) is 0 Å². The maximum atomic E-state index is 13.5. The van der Waals surface area contributed by atoms with Crippen molar-refractivity contribution in [3.05, 3.63) is 66.0 Å². The molecular formula is C22H25Cl2N5O3. The molecule has 0 amide bonds. The molecule has 0 unspecified atom stereocenters. The molecule has 0 aliphatic carbocycles. The van der Waals surface area contributed by atoms with Crippen LogP contribution in [0, 0.1) is 13.8 Å². The summed E-state index contributed by atoms with van der Waals surface area (Å²) in [6.07, 6.45) is 0.819. The van der Waals surface area contributed by atoms with E-state index in [1.54, 1.807) is 25.2 Å². The van der Waals surface area contributed by atoms with Crippen molar-refractivity contribution >= 4 is 40.1 Å². The van der Waals surface area contributed by atoms with Crippen LogP contribution in [-0.2, 0) is 24.9 Å². The minimum Gasteiger partial charge on any atom is -0.382 e. The number of fused-ring (bicyclic) bond motifs is 3. The van der Waals surface area contributed by atoms with Crippen LogP contribution in [0.15, 0.2) is 27.8 Å². The molecule has 0 atom stereocenters. The molecule has 32 heavy (non-hydrogen) atoms. The Morgan fingerprint density at radius 3 is 2.53 bits per heavy atom. The van der Waals surface area contributed by atoms with Crippen LogP contribution in [0.3, 0.4) is 0 Å². The summed E-state index contributed by atoms with van der Waals surface area (Å²) in [6.45, 7) is 7.98. The second kappa shape index (κ2) is 8.77. The van der Waals surface area contributed by atoms with Gasteiger partial charge in [-0.3, -0.25) is 18.3 Å². The van der Waals surface area contributed by atoms with Crippen LogP contribution < -0.4 is 11.2 Å². The highest BCUT2D eigenvalue weighted by atomic mass is 35.5. The first-order chi connectivity index (χ1) is 15.3. The molecule has 0 saturated heterocycles. The Morgan fingerprint density at radius 1 is 1.09 bits per heavy atom. The highest BCUT2D eigenvalue weighted by Gasteiger charge is 2.22. The number of aryl methyl sites for hydroxylation is 3. The van der Waals surface area contributed by atoms with Gasteiger partial charge in [0.25, 0.3) is 5.56 Å². The fourth-order valence-electron chi connectivity index (χ4n) is 4.01. The van der Waals surface area contributed by atoms with E-state index in [0.717, 1.165) is 17.8 Å². The molecular weight excluding hydrogens is 453 g/mol. The Kier molecular flexibility index (Phi) is 6.20. The van der Waals surface area contributed by atoms with Gasteiger partial charge in [-0.2, -0.15) is 4.98 Å². The van der Waals surface area contributed by atoms with E-state index in [0.29, 0.717) is 52.3 Å². The fourth-order valence-corrected chi connectivity index (χ4v) is 4.48. The molecule has 0 spiro atoms. The standard InChI is InChI=1S/C22H25Cl2N5O3/c1-5-32-10-6-9-27-13(2)14(3)29-18-19(25-21(27)29)26(4)22(31)28(20(18)30)12-15-7-8-16(23)11-17(15)24/h7-8,11H,5-6,9-10,12H2,1-4H3. The average Bonchev–Trinajstić information content (AvgIpc) is 3.25. The molecule has 0 aliphatic heterocycles. The monoisotopic (exact) mass is 477 g/mol. The second-order valence-electron chi connectivity index (χ2n) is 7.76. The highest BCUT2D eigenvalue weighted by molar-refractivity contribution is 6.35. The van der Waals surface area contributed by atoms with E-state index in [1.807, 2.05) is 25.2 Å². The fraction of sp³-hybridized carbons (Fsp3) is 0.409. The van der Waals surface area contributed by atoms with Crippen molar-refractivity contribution in [2.45, 2.75) is 40.3 Å². The van der Waals surface area contributed by atoms with E-state index in [-0.39, 0.29) is 6.54 Å². The molecule has 0 bridgehead atoms. The van der Waals surface area contributed by atoms with E-state index in [4.69, 9.17) is 27.9 Å². The Bertz CT molecular complexity index is 1440. The maximum Gasteiger partial charge on any atom is 0.332 e. The van der Waals surface area contributed by atoms with Gasteiger partial charge < -0.3 is 9.30 Å². The zero-order chi connectivity index (χ0) is 23.2. The van der Waals surface area contributed by atoms with E-state index < -0.39 is 11.2 Å². The molecule has 3 aromatic heterocycles. The van der Waals surface area contributed by atoms with Crippen LogP contribution in [0.5, 0.6) is 0 Å². The summed E-state index contributed by atoms with van der Waals surface area (Å²) in [5, 5.41) is 0.890. The first kappa shape index (κ1) is 22.6. The van der Waals surface area contributed by atoms with Crippen LogP contribution in [0.2, 0.25) is 10.0 Å². The van der Waals surface area contributed by atoms with Crippen molar-refractivity contribution in [2.24, 2.45) is 7.05 Å². The number of rotatable bonds is 7. The Hall–Kier alpha value is -2.55. The van der Waals surface area contributed by atoms with Gasteiger partial charge in [-0.1, -0.05) is 29.3 Å². The molecule has 0 N–H and O–H groups in total. The zero-order valence-corrected chi connectivity index (χ0v) is 20.0. The first-order valence-electron chi connectivity index (χ1n) is 10.5. The Morgan fingerprint density at radius 2 is 1.84 bits per heavy atom. The lowest BCUT2D eigenvalue weighted by Gasteiger charge is -2.10. The number of benzene rings is 1. The minimum atomic E-state index is -0.452. The lowest BCUT2D eigenvalue weighted by molar-refractivity contribution is 0.142. The van der Waals surface area contributed by atoms with E-state index in [1.165, 1.54) is 9.13 Å². The summed E-state index contributed by atoms with van der Waals surface area (Å²) in [7, 11) is 1.62. The average molecular weight is 478 g/mol. The molecule has 0 radical (unpaired) electrons. The first-order valence-corrected chi connectivity index (χ1v) is 11.2. The molecule has 8 nitrogen and oxygen atoms in total. The van der Waals surface area contributed by atoms with Crippen molar-refractivity contribution in [3.8, 4) is 0 Å². The number of nitrogens with zero attached hydrogens (tertiary/aromatic N) is 5.